The molecule has 0 saturated carbocycles. The van der Waals surface area contributed by atoms with Gasteiger partial charge in [-0.3, -0.25) is 19.8 Å². The molecule has 1 amide bonds. The number of carbonyl (C=O) groups is 1. The number of morpholine rings is 1. The van der Waals surface area contributed by atoms with E-state index in [9.17, 15) is 14.9 Å². The third kappa shape index (κ3) is 4.69. The molecule has 3 aromatic rings. The number of amidine groups is 1. The fourth-order valence-electron chi connectivity index (χ4n) is 4.17. The summed E-state index contributed by atoms with van der Waals surface area (Å²) in [6.45, 7) is 2.99. The van der Waals surface area contributed by atoms with E-state index < -0.39 is 4.92 Å². The molecule has 9 heteroatoms. The van der Waals surface area contributed by atoms with Crippen molar-refractivity contribution in [2.24, 2.45) is 4.99 Å². The summed E-state index contributed by atoms with van der Waals surface area (Å²) in [5, 5.41) is 11.1. The third-order valence-corrected chi connectivity index (χ3v) is 6.10. The van der Waals surface area contributed by atoms with Crippen molar-refractivity contribution in [3.63, 3.8) is 0 Å². The fraction of sp³-hybridized carbons (Fsp3) is 0.185. The van der Waals surface area contributed by atoms with Crippen molar-refractivity contribution in [1.82, 2.24) is 0 Å². The third-order valence-electron chi connectivity index (χ3n) is 6.10. The van der Waals surface area contributed by atoms with Gasteiger partial charge in [-0.05, 0) is 60.2 Å². The van der Waals surface area contributed by atoms with E-state index in [1.807, 2.05) is 48.5 Å². The van der Waals surface area contributed by atoms with Gasteiger partial charge in [-0.25, -0.2) is 4.99 Å². The molecule has 9 nitrogen and oxygen atoms in total. The number of nitrogens with zero attached hydrogens (tertiary/aromatic N) is 4. The summed E-state index contributed by atoms with van der Waals surface area (Å²) in [5.41, 5.74) is 3.36. The molecule has 5 rings (SSSR count). The molecule has 1 fully saturated rings. The molecule has 182 valence electrons. The summed E-state index contributed by atoms with van der Waals surface area (Å²) < 4.78 is 10.6. The number of carbonyl (C=O) groups excluding carboxylic acids is 1. The molecule has 2 aliphatic heterocycles. The highest BCUT2D eigenvalue weighted by Gasteiger charge is 2.33. The fourth-order valence-corrected chi connectivity index (χ4v) is 4.17. The Hall–Kier alpha value is -4.50. The average molecular weight is 485 g/mol. The van der Waals surface area contributed by atoms with Crippen LogP contribution >= 0.6 is 0 Å². The smallest absolute Gasteiger partial charge is 0.282 e. The summed E-state index contributed by atoms with van der Waals surface area (Å²) in [6.07, 6.45) is 1.72. The highest BCUT2D eigenvalue weighted by Crippen LogP contribution is 2.30. The van der Waals surface area contributed by atoms with Gasteiger partial charge in [0.1, 0.15) is 17.3 Å². The molecular formula is C27H24N4O5. The molecule has 0 aliphatic carbocycles. The van der Waals surface area contributed by atoms with Crippen molar-refractivity contribution in [3.8, 4) is 5.75 Å². The molecule has 0 unspecified atom stereocenters. The van der Waals surface area contributed by atoms with E-state index in [0.29, 0.717) is 36.0 Å². The Bertz CT molecular complexity index is 1330. The first kappa shape index (κ1) is 23.3. The van der Waals surface area contributed by atoms with E-state index in [0.717, 1.165) is 24.3 Å². The summed E-state index contributed by atoms with van der Waals surface area (Å²) in [7, 11) is 1.59. The molecular weight excluding hydrogens is 460 g/mol. The highest BCUT2D eigenvalue weighted by molar-refractivity contribution is 6.33. The van der Waals surface area contributed by atoms with Crippen LogP contribution < -0.4 is 14.5 Å². The lowest BCUT2D eigenvalue weighted by atomic mass is 10.1. The van der Waals surface area contributed by atoms with Gasteiger partial charge in [-0.1, -0.05) is 12.1 Å². The van der Waals surface area contributed by atoms with Crippen LogP contribution in [0.25, 0.3) is 6.08 Å². The zero-order valence-corrected chi connectivity index (χ0v) is 19.7. The Balaban J connectivity index is 1.51. The van der Waals surface area contributed by atoms with Crippen LogP contribution in [0.1, 0.15) is 11.1 Å². The first-order valence-electron chi connectivity index (χ1n) is 11.5. The molecule has 0 bridgehead atoms. The van der Waals surface area contributed by atoms with Crippen LogP contribution in [0, 0.1) is 10.1 Å². The van der Waals surface area contributed by atoms with Gasteiger partial charge in [0.2, 0.25) is 0 Å². The summed E-state index contributed by atoms with van der Waals surface area (Å²) >= 11 is 0. The average Bonchev–Trinajstić information content (AvgIpc) is 3.25. The summed E-state index contributed by atoms with van der Waals surface area (Å²) in [6, 6.07) is 21.1. The molecule has 36 heavy (non-hydrogen) atoms. The number of non-ortho nitro benzene ring substituents is 1. The zero-order chi connectivity index (χ0) is 25.1. The largest absolute Gasteiger partial charge is 0.497 e. The molecule has 1 saturated heterocycles. The standard InChI is InChI=1S/C27H24N4O5/c1-35-24-12-2-19(3-13-24)18-25-27(32)30(26(28-25)20-4-6-23(7-5-20)31(33)34)22-10-8-21(9-11-22)29-14-16-36-17-15-29/h2-13,18H,14-17H2,1H3/b25-18-. The lowest BCUT2D eigenvalue weighted by Gasteiger charge is -2.29. The van der Waals surface area contributed by atoms with E-state index in [2.05, 4.69) is 9.89 Å². The minimum Gasteiger partial charge on any atom is -0.497 e. The molecule has 0 radical (unpaired) electrons. The Morgan fingerprint density at radius 2 is 1.58 bits per heavy atom. The molecule has 3 aromatic carbocycles. The van der Waals surface area contributed by atoms with Crippen molar-refractivity contribution < 1.29 is 19.2 Å². The number of anilines is 2. The number of methoxy groups -OCH3 is 1. The molecule has 2 heterocycles. The molecule has 0 atom stereocenters. The molecule has 0 aromatic heterocycles. The monoisotopic (exact) mass is 484 g/mol. The number of hydrogen-bond donors (Lipinski definition) is 0. The number of benzene rings is 3. The van der Waals surface area contributed by atoms with E-state index >= 15 is 0 Å². The number of nitro benzene ring substituents is 1. The van der Waals surface area contributed by atoms with Gasteiger partial charge in [0.25, 0.3) is 11.6 Å². The minimum atomic E-state index is -0.456. The first-order chi connectivity index (χ1) is 17.5. The van der Waals surface area contributed by atoms with Crippen LogP contribution in [0.5, 0.6) is 5.75 Å². The van der Waals surface area contributed by atoms with Crippen molar-refractivity contribution in [2.45, 2.75) is 0 Å². The topological polar surface area (TPSA) is 97.5 Å². The Labute approximate surface area is 208 Å². The number of aliphatic imine (C=N–C) groups is 1. The predicted octanol–water partition coefficient (Wildman–Crippen LogP) is 4.27. The quantitative estimate of drug-likeness (QED) is 0.294. The second-order valence-electron chi connectivity index (χ2n) is 8.30. The summed E-state index contributed by atoms with van der Waals surface area (Å²) in [5.74, 6) is 0.846. The van der Waals surface area contributed by atoms with Gasteiger partial charge < -0.3 is 14.4 Å². The number of hydrogen-bond acceptors (Lipinski definition) is 7. The van der Waals surface area contributed by atoms with E-state index in [1.54, 1.807) is 30.2 Å². The van der Waals surface area contributed by atoms with Crippen LogP contribution in [-0.2, 0) is 9.53 Å². The van der Waals surface area contributed by atoms with Crippen LogP contribution in [0.2, 0.25) is 0 Å². The van der Waals surface area contributed by atoms with Crippen LogP contribution in [0.4, 0.5) is 17.1 Å². The number of ether oxygens (including phenoxy) is 2. The predicted molar refractivity (Wildman–Crippen MR) is 138 cm³/mol. The van der Waals surface area contributed by atoms with E-state index in [-0.39, 0.29) is 17.3 Å². The number of amides is 1. The first-order valence-corrected chi connectivity index (χ1v) is 11.5. The van der Waals surface area contributed by atoms with Crippen molar-refractivity contribution in [1.29, 1.82) is 0 Å². The van der Waals surface area contributed by atoms with Crippen LogP contribution in [-0.4, -0.2) is 50.1 Å². The van der Waals surface area contributed by atoms with Gasteiger partial charge >= 0.3 is 0 Å². The second-order valence-corrected chi connectivity index (χ2v) is 8.30. The minimum absolute atomic E-state index is 0.0286. The van der Waals surface area contributed by atoms with Crippen molar-refractivity contribution in [3.05, 3.63) is 99.7 Å². The van der Waals surface area contributed by atoms with Gasteiger partial charge in [-0.2, -0.15) is 0 Å². The Kier molecular flexibility index (Phi) is 6.46. The zero-order valence-electron chi connectivity index (χ0n) is 19.7. The van der Waals surface area contributed by atoms with Gasteiger partial charge in [-0.15, -0.1) is 0 Å². The Morgan fingerprint density at radius 3 is 2.19 bits per heavy atom. The molecule has 2 aliphatic rings. The maximum atomic E-state index is 13.6. The lowest BCUT2D eigenvalue weighted by molar-refractivity contribution is -0.384. The number of rotatable bonds is 6. The van der Waals surface area contributed by atoms with Crippen molar-refractivity contribution >= 4 is 34.9 Å². The van der Waals surface area contributed by atoms with Crippen LogP contribution in [0.15, 0.2) is 83.5 Å². The normalized spacial score (nSPS) is 16.9. The molecule has 0 N–H and O–H groups in total. The SMILES string of the molecule is COc1ccc(/C=C2\N=C(c3ccc([N+](=O)[O-])cc3)N(c3ccc(N4CCOCC4)cc3)C2=O)cc1. The second kappa shape index (κ2) is 10.0. The lowest BCUT2D eigenvalue weighted by Crippen LogP contribution is -2.36. The van der Waals surface area contributed by atoms with Gasteiger partial charge in [0.05, 0.1) is 30.9 Å². The molecule has 0 spiro atoms. The van der Waals surface area contributed by atoms with Gasteiger partial charge in [0, 0.05) is 36.5 Å². The Morgan fingerprint density at radius 1 is 0.944 bits per heavy atom. The van der Waals surface area contributed by atoms with E-state index in [4.69, 9.17) is 9.47 Å². The number of nitro groups is 1. The maximum Gasteiger partial charge on any atom is 0.282 e. The van der Waals surface area contributed by atoms with Crippen molar-refractivity contribution in [2.75, 3.05) is 43.2 Å². The highest BCUT2D eigenvalue weighted by atomic mass is 16.6. The van der Waals surface area contributed by atoms with Crippen LogP contribution in [0.3, 0.4) is 0 Å². The maximum absolute atomic E-state index is 13.6. The van der Waals surface area contributed by atoms with Gasteiger partial charge in [0.15, 0.2) is 0 Å². The summed E-state index contributed by atoms with van der Waals surface area (Å²) in [4.78, 5) is 32.6. The van der Waals surface area contributed by atoms with E-state index in [1.165, 1.54) is 12.1 Å².